The van der Waals surface area contributed by atoms with Gasteiger partial charge in [0, 0.05) is 49.4 Å². The molecule has 13 aromatic rings. The number of para-hydroxylation sites is 3. The number of furan rings is 2. The summed E-state index contributed by atoms with van der Waals surface area (Å²) in [5.41, 5.74) is 16.7. The zero-order valence-electron chi connectivity index (χ0n) is 39.8. The Balaban J connectivity index is 1.20. The maximum atomic E-state index is 16.2. The van der Waals surface area contributed by atoms with E-state index in [4.69, 9.17) is 8.83 Å². The van der Waals surface area contributed by atoms with Crippen molar-refractivity contribution in [1.29, 1.82) is 0 Å². The van der Waals surface area contributed by atoms with Crippen molar-refractivity contribution in [3.05, 3.63) is 252 Å². The normalized spacial score (nSPS) is 14.6. The van der Waals surface area contributed by atoms with Gasteiger partial charge in [-0.3, -0.25) is 0 Å². The van der Waals surface area contributed by atoms with Crippen LogP contribution in [0.1, 0.15) is 54.2 Å². The Hall–Kier alpha value is -8.67. The molecule has 0 saturated heterocycles. The third-order valence-corrected chi connectivity index (χ3v) is 15.1. The molecule has 10 aromatic carbocycles. The number of rotatable bonds is 6. The van der Waals surface area contributed by atoms with Crippen molar-refractivity contribution in [1.82, 2.24) is 4.57 Å². The number of hydrogen-bond donors (Lipinski definition) is 0. The average Bonchev–Trinajstić information content (AvgIpc) is 4.14. The van der Waals surface area contributed by atoms with E-state index in [2.05, 4.69) is 213 Å². The second kappa shape index (κ2) is 15.2. The van der Waals surface area contributed by atoms with Crippen molar-refractivity contribution < 1.29 is 13.2 Å². The molecule has 5 heteroatoms. The fourth-order valence-electron chi connectivity index (χ4n) is 12.1. The van der Waals surface area contributed by atoms with Gasteiger partial charge in [-0.2, -0.15) is 0 Å². The molecule has 3 aromatic heterocycles. The van der Waals surface area contributed by atoms with E-state index in [0.717, 1.165) is 122 Å². The summed E-state index contributed by atoms with van der Waals surface area (Å²) in [6.45, 7) is 8.93. The zero-order valence-corrected chi connectivity index (χ0v) is 39.8. The molecule has 0 radical (unpaired) electrons. The van der Waals surface area contributed by atoms with Gasteiger partial charge in [0.2, 0.25) is 0 Å². The minimum Gasteiger partial charge on any atom is -0.456 e. The highest BCUT2D eigenvalue weighted by Crippen LogP contribution is 2.63. The van der Waals surface area contributed by atoms with Gasteiger partial charge in [-0.1, -0.05) is 154 Å². The van der Waals surface area contributed by atoms with Gasteiger partial charge in [-0.05, 0) is 125 Å². The van der Waals surface area contributed by atoms with Crippen LogP contribution in [0.5, 0.6) is 0 Å². The van der Waals surface area contributed by atoms with Gasteiger partial charge < -0.3 is 18.3 Å². The molecule has 0 amide bonds. The fourth-order valence-corrected chi connectivity index (χ4v) is 12.1. The summed E-state index contributed by atoms with van der Waals surface area (Å²) in [5.74, 6) is -0.301. The molecule has 1 unspecified atom stereocenters. The van der Waals surface area contributed by atoms with Crippen LogP contribution in [0.25, 0.3) is 82.5 Å². The number of benzene rings is 10. The van der Waals surface area contributed by atoms with Crippen molar-refractivity contribution in [2.75, 3.05) is 4.90 Å². The molecular weight excluding hydrogens is 872 g/mol. The fraction of sp³-hybridized carbons (Fsp3) is 0.0909. The van der Waals surface area contributed by atoms with Crippen molar-refractivity contribution in [3.8, 4) is 16.8 Å². The summed E-state index contributed by atoms with van der Waals surface area (Å²) < 4.78 is 32.7. The second-order valence-corrected chi connectivity index (χ2v) is 20.2. The summed E-state index contributed by atoms with van der Waals surface area (Å²) in [7, 11) is 0. The van der Waals surface area contributed by atoms with Crippen LogP contribution in [0.4, 0.5) is 21.5 Å². The third kappa shape index (κ3) is 5.90. The van der Waals surface area contributed by atoms with E-state index in [1.54, 1.807) is 6.07 Å². The number of nitrogens with zero attached hydrogens (tertiary/aromatic N) is 2. The third-order valence-electron chi connectivity index (χ3n) is 15.1. The quantitative estimate of drug-likeness (QED) is 0.167. The van der Waals surface area contributed by atoms with Gasteiger partial charge in [0.25, 0.3) is 0 Å². The van der Waals surface area contributed by atoms with Gasteiger partial charge >= 0.3 is 0 Å². The van der Waals surface area contributed by atoms with Crippen LogP contribution < -0.4 is 4.90 Å². The minimum atomic E-state index is -1.00. The standard InChI is InChI=1S/C66H47FN2O2/c1-40-17-14-22-46(37-40)69-52-26-11-8-23-47(52)59-53(27-16-28-54(59)69)68(45-33-31-41(32-34-45)65(2,3)4)55-39-51-63(64-60(55)48-24-9-13-30-57(48)71-64)62-50(35-36-58-61(62)49-25-10-12-29-56(49)70-58)66(51,42-18-6-5-7-19-42)43-20-15-21-44(67)38-43/h5-39H,1-4H3. The lowest BCUT2D eigenvalue weighted by atomic mass is 9.67. The Morgan fingerprint density at radius 2 is 1.14 bits per heavy atom. The Labute approximate surface area is 410 Å². The summed E-state index contributed by atoms with van der Waals surface area (Å²) >= 11 is 0. The first-order valence-corrected chi connectivity index (χ1v) is 24.4. The Kier molecular flexibility index (Phi) is 8.82. The van der Waals surface area contributed by atoms with Gasteiger partial charge in [0.1, 0.15) is 28.1 Å². The number of fused-ring (bicyclic) bond motifs is 14. The van der Waals surface area contributed by atoms with Gasteiger partial charge in [-0.15, -0.1) is 0 Å². The summed E-state index contributed by atoms with van der Waals surface area (Å²) in [6, 6.07) is 74.5. The molecule has 71 heavy (non-hydrogen) atoms. The van der Waals surface area contributed by atoms with E-state index in [9.17, 15) is 0 Å². The summed E-state index contributed by atoms with van der Waals surface area (Å²) in [4.78, 5) is 2.46. The van der Waals surface area contributed by atoms with Crippen molar-refractivity contribution in [2.45, 2.75) is 38.5 Å². The lowest BCUT2D eigenvalue weighted by Crippen LogP contribution is -2.29. The van der Waals surface area contributed by atoms with E-state index in [0.29, 0.717) is 0 Å². The van der Waals surface area contributed by atoms with Gasteiger partial charge in [0.15, 0.2) is 0 Å². The topological polar surface area (TPSA) is 34.5 Å². The molecule has 1 aliphatic carbocycles. The molecule has 0 fully saturated rings. The first-order chi connectivity index (χ1) is 34.7. The van der Waals surface area contributed by atoms with E-state index in [1.165, 1.54) is 17.2 Å². The molecule has 340 valence electrons. The number of hydrogen-bond acceptors (Lipinski definition) is 3. The molecule has 3 heterocycles. The zero-order chi connectivity index (χ0) is 47.8. The molecular formula is C66H47FN2O2. The predicted molar refractivity (Wildman–Crippen MR) is 291 cm³/mol. The Morgan fingerprint density at radius 1 is 0.479 bits per heavy atom. The number of halogens is 1. The molecule has 0 N–H and O–H groups in total. The van der Waals surface area contributed by atoms with Crippen LogP contribution in [0.15, 0.2) is 221 Å². The first kappa shape index (κ1) is 41.3. The van der Waals surface area contributed by atoms with E-state index < -0.39 is 5.41 Å². The summed E-state index contributed by atoms with van der Waals surface area (Å²) in [5, 5.41) is 6.27. The lowest BCUT2D eigenvalue weighted by Gasteiger charge is -2.35. The van der Waals surface area contributed by atoms with Crippen LogP contribution in [-0.2, 0) is 10.8 Å². The highest BCUT2D eigenvalue weighted by atomic mass is 19.1. The van der Waals surface area contributed by atoms with Gasteiger partial charge in [-0.25, -0.2) is 4.39 Å². The molecule has 1 aliphatic rings. The van der Waals surface area contributed by atoms with Crippen molar-refractivity contribution in [2.24, 2.45) is 0 Å². The Bertz CT molecular complexity index is 4300. The van der Waals surface area contributed by atoms with Crippen LogP contribution in [0, 0.1) is 12.7 Å². The van der Waals surface area contributed by atoms with Crippen LogP contribution in [0.3, 0.4) is 0 Å². The average molecular weight is 919 g/mol. The minimum absolute atomic E-state index is 0.0686. The van der Waals surface area contributed by atoms with E-state index in [1.807, 2.05) is 24.3 Å². The molecule has 0 saturated carbocycles. The molecule has 0 spiro atoms. The Morgan fingerprint density at radius 3 is 1.90 bits per heavy atom. The molecule has 4 nitrogen and oxygen atoms in total. The SMILES string of the molecule is Cc1cccc(-n2c3ccccc3c3c(N(c4ccc(C(C)(C)C)cc4)c4cc5c(c6oc7ccccc7c46)-c4c(ccc6oc7ccccc7c46)C5(c4ccccc4)c4cccc(F)c4)cccc32)c1. The second-order valence-electron chi connectivity index (χ2n) is 20.2. The van der Waals surface area contributed by atoms with Crippen LogP contribution in [-0.4, -0.2) is 4.57 Å². The lowest BCUT2D eigenvalue weighted by molar-refractivity contribution is 0.590. The smallest absolute Gasteiger partial charge is 0.145 e. The maximum Gasteiger partial charge on any atom is 0.145 e. The predicted octanol–water partition coefficient (Wildman–Crippen LogP) is 18.2. The largest absolute Gasteiger partial charge is 0.456 e. The molecule has 14 rings (SSSR count). The number of aromatic nitrogens is 1. The first-order valence-electron chi connectivity index (χ1n) is 24.4. The van der Waals surface area contributed by atoms with Crippen molar-refractivity contribution in [3.63, 3.8) is 0 Å². The number of anilines is 3. The van der Waals surface area contributed by atoms with E-state index >= 15 is 4.39 Å². The maximum absolute atomic E-state index is 16.2. The highest BCUT2D eigenvalue weighted by molar-refractivity contribution is 6.25. The highest BCUT2D eigenvalue weighted by Gasteiger charge is 2.50. The molecule has 0 aliphatic heterocycles. The van der Waals surface area contributed by atoms with Crippen LogP contribution >= 0.6 is 0 Å². The molecule has 0 bridgehead atoms. The number of aryl methyl sites for hydroxylation is 1. The monoisotopic (exact) mass is 918 g/mol. The molecule has 1 atom stereocenters. The van der Waals surface area contributed by atoms with Crippen LogP contribution in [0.2, 0.25) is 0 Å². The van der Waals surface area contributed by atoms with E-state index in [-0.39, 0.29) is 11.2 Å². The summed E-state index contributed by atoms with van der Waals surface area (Å²) in [6.07, 6.45) is 0. The van der Waals surface area contributed by atoms with Crippen molar-refractivity contribution >= 4 is 82.7 Å². The van der Waals surface area contributed by atoms with Gasteiger partial charge in [0.05, 0.1) is 33.2 Å².